The van der Waals surface area contributed by atoms with Gasteiger partial charge in [-0.1, -0.05) is 35.8 Å². The van der Waals surface area contributed by atoms with Crippen molar-refractivity contribution >= 4 is 12.7 Å². The van der Waals surface area contributed by atoms with Crippen molar-refractivity contribution in [3.05, 3.63) is 30.3 Å². The minimum atomic E-state index is 0. The first-order chi connectivity index (χ1) is 4.43. The fourth-order valence-electron chi connectivity index (χ4n) is 0.774. The number of hydrogen-bond acceptors (Lipinski definition) is 1. The molecule has 0 bridgehead atoms. The van der Waals surface area contributed by atoms with Crippen molar-refractivity contribution in [2.75, 3.05) is 6.51 Å². The summed E-state index contributed by atoms with van der Waals surface area (Å²) in [6, 6.07) is 9.95. The standard InChI is InChI=1S/C7H9BO.2H2O/c9-6-8-7-4-2-1-3-5-7;;/h1-5,8-9H,6H2;2*1H2. The Labute approximate surface area is 66.5 Å². The molecule has 0 saturated carbocycles. The van der Waals surface area contributed by atoms with Crippen LogP contribution in [-0.4, -0.2) is 29.8 Å². The van der Waals surface area contributed by atoms with E-state index in [-0.39, 0.29) is 17.5 Å². The van der Waals surface area contributed by atoms with E-state index in [1.54, 1.807) is 0 Å². The first kappa shape index (κ1) is 12.8. The minimum Gasteiger partial charge on any atom is -0.412 e. The number of rotatable bonds is 2. The quantitative estimate of drug-likeness (QED) is 0.496. The average molecular weight is 156 g/mol. The van der Waals surface area contributed by atoms with E-state index < -0.39 is 0 Å². The summed E-state index contributed by atoms with van der Waals surface area (Å²) in [5.74, 6) is 0. The van der Waals surface area contributed by atoms with Gasteiger partial charge in [0.05, 0.1) is 0 Å². The molecule has 0 aliphatic carbocycles. The van der Waals surface area contributed by atoms with Crippen LogP contribution in [0.15, 0.2) is 30.3 Å². The molecule has 4 heteroatoms. The Hall–Kier alpha value is -0.835. The summed E-state index contributed by atoms with van der Waals surface area (Å²) in [4.78, 5) is 0. The van der Waals surface area contributed by atoms with Crippen LogP contribution in [0.3, 0.4) is 0 Å². The van der Waals surface area contributed by atoms with Gasteiger partial charge in [-0.15, -0.1) is 0 Å². The van der Waals surface area contributed by atoms with Crippen LogP contribution in [0.1, 0.15) is 0 Å². The van der Waals surface area contributed by atoms with Gasteiger partial charge < -0.3 is 16.1 Å². The number of benzene rings is 1. The second-order valence-corrected chi connectivity index (χ2v) is 1.96. The molecule has 3 nitrogen and oxygen atoms in total. The Bertz CT molecular complexity index is 167. The molecule has 0 spiro atoms. The number of hydrogen-bond donors (Lipinski definition) is 1. The van der Waals surface area contributed by atoms with Crippen LogP contribution in [0.4, 0.5) is 0 Å². The Morgan fingerprint density at radius 1 is 1.09 bits per heavy atom. The molecular formula is C7H13BO3. The van der Waals surface area contributed by atoms with E-state index in [1.165, 1.54) is 5.46 Å². The normalized spacial score (nSPS) is 7.36. The zero-order valence-corrected chi connectivity index (χ0v) is 6.25. The maximum atomic E-state index is 8.52. The summed E-state index contributed by atoms with van der Waals surface area (Å²) < 4.78 is 0. The fraction of sp³-hybridized carbons (Fsp3) is 0.143. The largest absolute Gasteiger partial charge is 0.412 e. The molecule has 0 aliphatic rings. The van der Waals surface area contributed by atoms with Gasteiger partial charge in [0.25, 0.3) is 0 Å². The van der Waals surface area contributed by atoms with Gasteiger partial charge in [-0.25, -0.2) is 0 Å². The monoisotopic (exact) mass is 156 g/mol. The van der Waals surface area contributed by atoms with Crippen LogP contribution >= 0.6 is 0 Å². The van der Waals surface area contributed by atoms with Crippen molar-refractivity contribution in [3.8, 4) is 0 Å². The smallest absolute Gasteiger partial charge is 0.188 e. The highest BCUT2D eigenvalue weighted by molar-refractivity contribution is 6.53. The lowest BCUT2D eigenvalue weighted by molar-refractivity contribution is 0.367. The van der Waals surface area contributed by atoms with Crippen molar-refractivity contribution in [1.29, 1.82) is 0 Å². The van der Waals surface area contributed by atoms with Gasteiger partial charge in [-0.3, -0.25) is 0 Å². The van der Waals surface area contributed by atoms with E-state index in [1.807, 2.05) is 30.3 Å². The van der Waals surface area contributed by atoms with Crippen molar-refractivity contribution in [2.45, 2.75) is 0 Å². The molecule has 1 rings (SSSR count). The van der Waals surface area contributed by atoms with Gasteiger partial charge in [0.2, 0.25) is 0 Å². The summed E-state index contributed by atoms with van der Waals surface area (Å²) in [7, 11) is 0.765. The molecule has 5 N–H and O–H groups in total. The van der Waals surface area contributed by atoms with Gasteiger partial charge in [-0.05, 0) is 0 Å². The Kier molecular flexibility index (Phi) is 8.47. The van der Waals surface area contributed by atoms with E-state index >= 15 is 0 Å². The van der Waals surface area contributed by atoms with Gasteiger partial charge in [-0.2, -0.15) is 0 Å². The van der Waals surface area contributed by atoms with Gasteiger partial charge in [0.1, 0.15) is 0 Å². The van der Waals surface area contributed by atoms with Crippen molar-refractivity contribution in [3.63, 3.8) is 0 Å². The molecule has 0 heterocycles. The lowest BCUT2D eigenvalue weighted by Crippen LogP contribution is -2.16. The second-order valence-electron chi connectivity index (χ2n) is 1.96. The van der Waals surface area contributed by atoms with E-state index in [0.717, 1.165) is 7.28 Å². The highest BCUT2D eigenvalue weighted by Gasteiger charge is 1.88. The lowest BCUT2D eigenvalue weighted by atomic mass is 9.72. The molecule has 0 aromatic heterocycles. The SMILES string of the molecule is O.O.OCBc1ccccc1. The summed E-state index contributed by atoms with van der Waals surface area (Å²) in [5.41, 5.74) is 1.19. The summed E-state index contributed by atoms with van der Waals surface area (Å²) in [6.45, 7) is 0.240. The first-order valence-electron chi connectivity index (χ1n) is 3.08. The minimum absolute atomic E-state index is 0. The van der Waals surface area contributed by atoms with Crippen LogP contribution in [-0.2, 0) is 0 Å². The van der Waals surface area contributed by atoms with Gasteiger partial charge >= 0.3 is 0 Å². The van der Waals surface area contributed by atoms with Crippen LogP contribution in [0.25, 0.3) is 0 Å². The molecule has 0 atom stereocenters. The Morgan fingerprint density at radius 3 is 2.09 bits per heavy atom. The Balaban J connectivity index is 0. The highest BCUT2D eigenvalue weighted by Crippen LogP contribution is 1.79. The highest BCUT2D eigenvalue weighted by atomic mass is 16.2. The molecule has 0 aliphatic heterocycles. The molecular weight excluding hydrogens is 143 g/mol. The molecule has 0 radical (unpaired) electrons. The molecule has 0 fully saturated rings. The molecule has 0 unspecified atom stereocenters. The maximum Gasteiger partial charge on any atom is 0.188 e. The third kappa shape index (κ3) is 4.55. The van der Waals surface area contributed by atoms with Crippen LogP contribution in [0, 0.1) is 0 Å². The van der Waals surface area contributed by atoms with E-state index in [9.17, 15) is 0 Å². The predicted molar refractivity (Wildman–Crippen MR) is 47.5 cm³/mol. The maximum absolute atomic E-state index is 8.52. The summed E-state index contributed by atoms with van der Waals surface area (Å²) >= 11 is 0. The second kappa shape index (κ2) is 7.27. The topological polar surface area (TPSA) is 83.2 Å². The molecule has 0 saturated heterocycles. The average Bonchev–Trinajstić information content (AvgIpc) is 1.91. The summed E-state index contributed by atoms with van der Waals surface area (Å²) in [5, 5.41) is 8.52. The number of aliphatic hydroxyl groups excluding tert-OH is 1. The molecule has 62 valence electrons. The molecule has 1 aromatic rings. The summed E-state index contributed by atoms with van der Waals surface area (Å²) in [6.07, 6.45) is 0. The molecule has 11 heavy (non-hydrogen) atoms. The van der Waals surface area contributed by atoms with Gasteiger partial charge in [0, 0.05) is 6.51 Å². The third-order valence-electron chi connectivity index (χ3n) is 1.24. The fourth-order valence-corrected chi connectivity index (χ4v) is 0.774. The van der Waals surface area contributed by atoms with Crippen LogP contribution in [0.5, 0.6) is 0 Å². The van der Waals surface area contributed by atoms with E-state index in [2.05, 4.69) is 0 Å². The first-order valence-corrected chi connectivity index (χ1v) is 3.08. The lowest BCUT2D eigenvalue weighted by Gasteiger charge is -1.91. The zero-order valence-electron chi connectivity index (χ0n) is 6.25. The number of aliphatic hydroxyl groups is 1. The third-order valence-corrected chi connectivity index (χ3v) is 1.24. The van der Waals surface area contributed by atoms with E-state index in [4.69, 9.17) is 5.11 Å². The Morgan fingerprint density at radius 2 is 1.64 bits per heavy atom. The van der Waals surface area contributed by atoms with Crippen LogP contribution in [0.2, 0.25) is 0 Å². The predicted octanol–water partition coefficient (Wildman–Crippen LogP) is -1.95. The van der Waals surface area contributed by atoms with E-state index in [0.29, 0.717) is 0 Å². The zero-order chi connectivity index (χ0) is 6.53. The van der Waals surface area contributed by atoms with Crippen molar-refractivity contribution in [2.24, 2.45) is 0 Å². The molecule has 1 aromatic carbocycles. The molecule has 0 amide bonds. The van der Waals surface area contributed by atoms with Gasteiger partial charge in [0.15, 0.2) is 7.28 Å². The van der Waals surface area contributed by atoms with Crippen molar-refractivity contribution < 1.29 is 16.1 Å². The van der Waals surface area contributed by atoms with Crippen LogP contribution < -0.4 is 5.46 Å². The van der Waals surface area contributed by atoms with Crippen molar-refractivity contribution in [1.82, 2.24) is 0 Å².